The van der Waals surface area contributed by atoms with Crippen molar-refractivity contribution in [1.29, 1.82) is 0 Å². The van der Waals surface area contributed by atoms with Crippen molar-refractivity contribution in [2.75, 3.05) is 13.7 Å². The first-order valence-electron chi connectivity index (χ1n) is 5.79. The zero-order chi connectivity index (χ0) is 13.5. The summed E-state index contributed by atoms with van der Waals surface area (Å²) >= 11 is 0. The van der Waals surface area contributed by atoms with Gasteiger partial charge in [0.1, 0.15) is 0 Å². The fraction of sp³-hybridized carbons (Fsp3) is 0.500. The number of pyridine rings is 1. The summed E-state index contributed by atoms with van der Waals surface area (Å²) in [4.78, 5) is 12.1. The second-order valence-electron chi connectivity index (χ2n) is 4.03. The Morgan fingerprint density at radius 1 is 1.50 bits per heavy atom. The molecule has 1 aromatic heterocycles. The van der Waals surface area contributed by atoms with Crippen LogP contribution >= 0.6 is 0 Å². The number of ether oxygens (including phenoxy) is 1. The number of methoxy groups -OCH3 is 1. The number of nitrogens with zero attached hydrogens (tertiary/aromatic N) is 2. The van der Waals surface area contributed by atoms with Gasteiger partial charge in [0, 0.05) is 26.0 Å². The number of hydrogen-bond donors (Lipinski definition) is 2. The first-order valence-corrected chi connectivity index (χ1v) is 5.79. The third-order valence-corrected chi connectivity index (χ3v) is 2.76. The van der Waals surface area contributed by atoms with E-state index in [0.29, 0.717) is 13.2 Å². The Morgan fingerprint density at radius 3 is 2.83 bits per heavy atom. The average molecular weight is 253 g/mol. The van der Waals surface area contributed by atoms with Gasteiger partial charge >= 0.3 is 0 Å². The Labute approximate surface area is 106 Å². The highest BCUT2D eigenvalue weighted by Gasteiger charge is 2.09. The molecule has 0 bridgehead atoms. The standard InChI is InChI=1S/C12H19N3O3/c1-9-5-6-10(11(13)14-17)12(16)15(9)7-3-4-8-18-2/h5-6,17H,3-4,7-8H2,1-2H3,(H2,13,14). The van der Waals surface area contributed by atoms with Crippen molar-refractivity contribution in [3.8, 4) is 0 Å². The highest BCUT2D eigenvalue weighted by Crippen LogP contribution is 2.01. The van der Waals surface area contributed by atoms with E-state index in [9.17, 15) is 4.79 Å². The zero-order valence-corrected chi connectivity index (χ0v) is 10.7. The van der Waals surface area contributed by atoms with Gasteiger partial charge in [0.25, 0.3) is 5.56 Å². The molecule has 0 fully saturated rings. The minimum atomic E-state index is -0.234. The fourth-order valence-corrected chi connectivity index (χ4v) is 1.71. The molecular weight excluding hydrogens is 234 g/mol. The first kappa shape index (κ1) is 14.2. The molecule has 0 spiro atoms. The molecule has 0 aromatic carbocycles. The maximum Gasteiger partial charge on any atom is 0.261 e. The predicted molar refractivity (Wildman–Crippen MR) is 69.1 cm³/mol. The van der Waals surface area contributed by atoms with E-state index in [2.05, 4.69) is 5.16 Å². The molecule has 0 amide bonds. The second kappa shape index (κ2) is 6.80. The van der Waals surface area contributed by atoms with Gasteiger partial charge in [-0.3, -0.25) is 4.79 Å². The highest BCUT2D eigenvalue weighted by molar-refractivity contribution is 5.96. The van der Waals surface area contributed by atoms with Crippen LogP contribution in [0.4, 0.5) is 0 Å². The number of rotatable bonds is 6. The van der Waals surface area contributed by atoms with Crippen LogP contribution in [0.3, 0.4) is 0 Å². The van der Waals surface area contributed by atoms with Crippen LogP contribution in [-0.2, 0) is 11.3 Å². The van der Waals surface area contributed by atoms with Crippen molar-refractivity contribution in [2.24, 2.45) is 10.9 Å². The van der Waals surface area contributed by atoms with Gasteiger partial charge in [-0.15, -0.1) is 0 Å². The number of unbranched alkanes of at least 4 members (excludes halogenated alkanes) is 1. The van der Waals surface area contributed by atoms with Crippen molar-refractivity contribution in [3.05, 3.63) is 33.7 Å². The molecule has 3 N–H and O–H groups in total. The average Bonchev–Trinajstić information content (AvgIpc) is 2.37. The van der Waals surface area contributed by atoms with Gasteiger partial charge in [-0.05, 0) is 31.9 Å². The Bertz CT molecular complexity index is 480. The van der Waals surface area contributed by atoms with Gasteiger partial charge in [0.2, 0.25) is 0 Å². The van der Waals surface area contributed by atoms with E-state index in [0.717, 1.165) is 18.5 Å². The normalized spacial score (nSPS) is 11.8. The summed E-state index contributed by atoms with van der Waals surface area (Å²) in [5.41, 5.74) is 6.29. The lowest BCUT2D eigenvalue weighted by Gasteiger charge is -2.11. The molecule has 6 heteroatoms. The van der Waals surface area contributed by atoms with Crippen LogP contribution in [-0.4, -0.2) is 29.3 Å². The Morgan fingerprint density at radius 2 is 2.22 bits per heavy atom. The van der Waals surface area contributed by atoms with E-state index in [4.69, 9.17) is 15.7 Å². The lowest BCUT2D eigenvalue weighted by molar-refractivity contribution is 0.191. The summed E-state index contributed by atoms with van der Waals surface area (Å²) in [7, 11) is 1.65. The largest absolute Gasteiger partial charge is 0.409 e. The molecule has 100 valence electrons. The van der Waals surface area contributed by atoms with Crippen molar-refractivity contribution in [3.63, 3.8) is 0 Å². The zero-order valence-electron chi connectivity index (χ0n) is 10.7. The number of aryl methyl sites for hydroxylation is 1. The van der Waals surface area contributed by atoms with Gasteiger partial charge in [0.05, 0.1) is 5.56 Å². The van der Waals surface area contributed by atoms with Crippen LogP contribution in [0.1, 0.15) is 24.1 Å². The summed E-state index contributed by atoms with van der Waals surface area (Å²) in [6.45, 7) is 3.13. The number of oxime groups is 1. The minimum absolute atomic E-state index is 0.161. The third kappa shape index (κ3) is 3.33. The maximum absolute atomic E-state index is 12.1. The molecule has 1 aromatic rings. The minimum Gasteiger partial charge on any atom is -0.409 e. The van der Waals surface area contributed by atoms with E-state index in [-0.39, 0.29) is 17.0 Å². The van der Waals surface area contributed by atoms with Crippen LogP contribution < -0.4 is 11.3 Å². The topological polar surface area (TPSA) is 89.8 Å². The molecule has 0 atom stereocenters. The SMILES string of the molecule is COCCCCn1c(C)ccc(/C(N)=N/O)c1=O. The van der Waals surface area contributed by atoms with E-state index in [1.165, 1.54) is 0 Å². The van der Waals surface area contributed by atoms with Crippen LogP contribution in [0.25, 0.3) is 0 Å². The van der Waals surface area contributed by atoms with Gasteiger partial charge in [0.15, 0.2) is 5.84 Å². The third-order valence-electron chi connectivity index (χ3n) is 2.76. The predicted octanol–water partition coefficient (Wildman–Crippen LogP) is 0.678. The monoisotopic (exact) mass is 253 g/mol. The van der Waals surface area contributed by atoms with Crippen LogP contribution in [0.5, 0.6) is 0 Å². The molecule has 0 saturated heterocycles. The van der Waals surface area contributed by atoms with Crippen molar-refractivity contribution in [2.45, 2.75) is 26.3 Å². The van der Waals surface area contributed by atoms with Crippen LogP contribution in [0.15, 0.2) is 22.1 Å². The molecule has 0 unspecified atom stereocenters. The van der Waals surface area contributed by atoms with Gasteiger partial charge < -0.3 is 20.2 Å². The summed E-state index contributed by atoms with van der Waals surface area (Å²) in [5.74, 6) is -0.161. The molecule has 1 rings (SSSR count). The lowest BCUT2D eigenvalue weighted by atomic mass is 10.2. The van der Waals surface area contributed by atoms with Crippen molar-refractivity contribution >= 4 is 5.84 Å². The maximum atomic E-state index is 12.1. The molecule has 0 saturated carbocycles. The number of aromatic nitrogens is 1. The number of amidine groups is 1. The summed E-state index contributed by atoms with van der Waals surface area (Å²) in [5, 5.41) is 11.5. The Balaban J connectivity index is 2.93. The molecule has 18 heavy (non-hydrogen) atoms. The Kier molecular flexibility index (Phi) is 5.38. The summed E-state index contributed by atoms with van der Waals surface area (Å²) < 4.78 is 6.59. The van der Waals surface area contributed by atoms with Gasteiger partial charge in [-0.2, -0.15) is 0 Å². The molecule has 0 radical (unpaired) electrons. The van der Waals surface area contributed by atoms with Crippen LogP contribution in [0.2, 0.25) is 0 Å². The lowest BCUT2D eigenvalue weighted by Crippen LogP contribution is -2.31. The molecule has 0 aliphatic carbocycles. The van der Waals surface area contributed by atoms with Crippen LogP contribution in [0, 0.1) is 6.92 Å². The summed E-state index contributed by atoms with van der Waals surface area (Å²) in [6.07, 6.45) is 1.73. The summed E-state index contributed by atoms with van der Waals surface area (Å²) in [6, 6.07) is 3.35. The molecular formula is C12H19N3O3. The van der Waals surface area contributed by atoms with Gasteiger partial charge in [-0.25, -0.2) is 0 Å². The Hall–Kier alpha value is -1.82. The molecule has 0 aliphatic rings. The number of nitrogens with two attached hydrogens (primary N) is 1. The van der Waals surface area contributed by atoms with E-state index < -0.39 is 0 Å². The van der Waals surface area contributed by atoms with E-state index in [1.54, 1.807) is 23.8 Å². The quantitative estimate of drug-likeness (QED) is 0.256. The van der Waals surface area contributed by atoms with Crippen molar-refractivity contribution < 1.29 is 9.94 Å². The van der Waals surface area contributed by atoms with Crippen molar-refractivity contribution in [1.82, 2.24) is 4.57 Å². The number of hydrogen-bond acceptors (Lipinski definition) is 4. The first-order chi connectivity index (χ1) is 8.61. The smallest absolute Gasteiger partial charge is 0.261 e. The fourth-order valence-electron chi connectivity index (χ4n) is 1.71. The van der Waals surface area contributed by atoms with E-state index in [1.807, 2.05) is 6.92 Å². The highest BCUT2D eigenvalue weighted by atomic mass is 16.5. The second-order valence-corrected chi connectivity index (χ2v) is 4.03. The van der Waals surface area contributed by atoms with Gasteiger partial charge in [-0.1, -0.05) is 5.16 Å². The molecule has 0 aliphatic heterocycles. The molecule has 1 heterocycles. The van der Waals surface area contributed by atoms with E-state index >= 15 is 0 Å². The molecule has 6 nitrogen and oxygen atoms in total.